The first-order chi connectivity index (χ1) is 6.20. The number of hydrogen-bond donors (Lipinski definition) is 1. The van der Waals surface area contributed by atoms with Gasteiger partial charge in [-0.25, -0.2) is 0 Å². The molecule has 0 saturated heterocycles. The van der Waals surface area contributed by atoms with Gasteiger partial charge in [-0.15, -0.1) is 5.54 Å². The summed E-state index contributed by atoms with van der Waals surface area (Å²) in [6.45, 7) is 10.9. The molecule has 0 rings (SSSR count). The second kappa shape index (κ2) is 4.64. The van der Waals surface area contributed by atoms with Gasteiger partial charge in [-0.3, -0.25) is 0 Å². The molecule has 0 aliphatic rings. The largest absolute Gasteiger partial charge is 0.379 e. The van der Waals surface area contributed by atoms with E-state index in [0.717, 1.165) is 0 Å². The van der Waals surface area contributed by atoms with Gasteiger partial charge in [-0.2, -0.15) is 5.26 Å². The average molecular weight is 209 g/mol. The SMILES string of the molecule is CC(C)(C)[Si](C)(C)C#C[C@H](O)CC#N. The normalized spacial score (nSPS) is 13.8. The van der Waals surface area contributed by atoms with Crippen LogP contribution in [0.2, 0.25) is 18.1 Å². The maximum atomic E-state index is 9.30. The lowest BCUT2D eigenvalue weighted by atomic mass is 10.2. The number of rotatable bonds is 1. The molecule has 0 radical (unpaired) electrons. The van der Waals surface area contributed by atoms with Crippen LogP contribution in [-0.2, 0) is 0 Å². The minimum absolute atomic E-state index is 0.0988. The first-order valence-electron chi connectivity index (χ1n) is 4.78. The van der Waals surface area contributed by atoms with Crippen LogP contribution < -0.4 is 0 Å². The Morgan fingerprint density at radius 3 is 2.21 bits per heavy atom. The summed E-state index contributed by atoms with van der Waals surface area (Å²) < 4.78 is 0. The van der Waals surface area contributed by atoms with Gasteiger partial charge in [0.25, 0.3) is 0 Å². The Morgan fingerprint density at radius 2 is 1.86 bits per heavy atom. The zero-order chi connectivity index (χ0) is 11.4. The van der Waals surface area contributed by atoms with Crippen LogP contribution in [0.4, 0.5) is 0 Å². The van der Waals surface area contributed by atoms with E-state index in [2.05, 4.69) is 45.3 Å². The molecule has 0 aliphatic heterocycles. The second-order valence-corrected chi connectivity index (χ2v) is 10.0. The van der Waals surface area contributed by atoms with Crippen molar-refractivity contribution < 1.29 is 5.11 Å². The molecule has 0 aromatic rings. The third-order valence-corrected chi connectivity index (χ3v) is 7.23. The molecular weight excluding hydrogens is 190 g/mol. The Bertz CT molecular complexity index is 285. The van der Waals surface area contributed by atoms with Crippen molar-refractivity contribution in [2.24, 2.45) is 0 Å². The monoisotopic (exact) mass is 209 g/mol. The molecule has 0 unspecified atom stereocenters. The van der Waals surface area contributed by atoms with Crippen LogP contribution >= 0.6 is 0 Å². The minimum atomic E-state index is -1.63. The Hall–Kier alpha value is -0.773. The van der Waals surface area contributed by atoms with Gasteiger partial charge in [-0.05, 0) is 5.04 Å². The lowest BCUT2D eigenvalue weighted by Gasteiger charge is -2.31. The molecule has 0 fully saturated rings. The molecule has 78 valence electrons. The third kappa shape index (κ3) is 3.96. The summed E-state index contributed by atoms with van der Waals surface area (Å²) in [5, 5.41) is 17.9. The maximum absolute atomic E-state index is 9.30. The van der Waals surface area contributed by atoms with Crippen LogP contribution in [0, 0.1) is 22.8 Å². The van der Waals surface area contributed by atoms with Gasteiger partial charge in [-0.1, -0.05) is 39.8 Å². The summed E-state index contributed by atoms with van der Waals surface area (Å²) in [5.74, 6) is 2.78. The Labute approximate surface area is 88.0 Å². The molecule has 0 spiro atoms. The molecule has 14 heavy (non-hydrogen) atoms. The standard InChI is InChI=1S/C11H19NOSi/c1-11(2,3)14(4,5)9-7-10(13)6-8-12/h10,13H,6H2,1-5H3/t10-/m1/s1. The predicted octanol–water partition coefficient (Wildman–Crippen LogP) is 2.31. The fraction of sp³-hybridized carbons (Fsp3) is 0.727. The molecule has 0 aromatic carbocycles. The van der Waals surface area contributed by atoms with Crippen LogP contribution in [0.5, 0.6) is 0 Å². The number of nitriles is 1. The maximum Gasteiger partial charge on any atom is 0.137 e. The Kier molecular flexibility index (Phi) is 4.38. The summed E-state index contributed by atoms with van der Waals surface area (Å²) in [6, 6.07) is 1.91. The van der Waals surface area contributed by atoms with Crippen molar-refractivity contribution in [1.29, 1.82) is 5.26 Å². The van der Waals surface area contributed by atoms with Gasteiger partial charge in [0.15, 0.2) is 0 Å². The van der Waals surface area contributed by atoms with Gasteiger partial charge < -0.3 is 5.11 Å². The Morgan fingerprint density at radius 1 is 1.36 bits per heavy atom. The number of nitrogens with zero attached hydrogens (tertiary/aromatic N) is 1. The van der Waals surface area contributed by atoms with Crippen molar-refractivity contribution in [3.8, 4) is 17.5 Å². The first kappa shape index (κ1) is 13.2. The molecule has 0 heterocycles. The van der Waals surface area contributed by atoms with E-state index in [4.69, 9.17) is 5.26 Å². The van der Waals surface area contributed by atoms with E-state index in [1.165, 1.54) is 0 Å². The van der Waals surface area contributed by atoms with Crippen LogP contribution in [-0.4, -0.2) is 19.3 Å². The highest BCUT2D eigenvalue weighted by atomic mass is 28.3. The van der Waals surface area contributed by atoms with Gasteiger partial charge in [0.1, 0.15) is 14.2 Å². The highest BCUT2D eigenvalue weighted by molar-refractivity contribution is 6.87. The predicted molar refractivity (Wildman–Crippen MR) is 61.2 cm³/mol. The van der Waals surface area contributed by atoms with E-state index in [-0.39, 0.29) is 11.5 Å². The number of hydrogen-bond acceptors (Lipinski definition) is 2. The van der Waals surface area contributed by atoms with Crippen LogP contribution in [0.15, 0.2) is 0 Å². The summed E-state index contributed by atoms with van der Waals surface area (Å²) in [4.78, 5) is 0. The Balaban J connectivity index is 4.58. The molecule has 0 bridgehead atoms. The fourth-order valence-electron chi connectivity index (χ4n) is 0.589. The summed E-state index contributed by atoms with van der Waals surface area (Å²) >= 11 is 0. The molecule has 1 N–H and O–H groups in total. The molecule has 1 atom stereocenters. The van der Waals surface area contributed by atoms with Gasteiger partial charge in [0, 0.05) is 0 Å². The summed E-state index contributed by atoms with van der Waals surface area (Å²) in [7, 11) is -1.63. The fourth-order valence-corrected chi connectivity index (χ4v) is 1.49. The zero-order valence-electron chi connectivity index (χ0n) is 9.68. The summed E-state index contributed by atoms with van der Waals surface area (Å²) in [5.41, 5.74) is 3.17. The van der Waals surface area contributed by atoms with Gasteiger partial charge >= 0.3 is 0 Å². The highest BCUT2D eigenvalue weighted by Crippen LogP contribution is 2.35. The van der Waals surface area contributed by atoms with Crippen molar-refractivity contribution in [1.82, 2.24) is 0 Å². The minimum Gasteiger partial charge on any atom is -0.379 e. The molecule has 0 aromatic heterocycles. The highest BCUT2D eigenvalue weighted by Gasteiger charge is 2.33. The van der Waals surface area contributed by atoms with Crippen molar-refractivity contribution in [3.05, 3.63) is 0 Å². The molecular formula is C11H19NOSi. The first-order valence-corrected chi connectivity index (χ1v) is 7.78. The topological polar surface area (TPSA) is 44.0 Å². The van der Waals surface area contributed by atoms with Crippen LogP contribution in [0.1, 0.15) is 27.2 Å². The zero-order valence-corrected chi connectivity index (χ0v) is 10.7. The summed E-state index contributed by atoms with van der Waals surface area (Å²) in [6.07, 6.45) is -0.684. The average Bonchev–Trinajstić information content (AvgIpc) is 1.99. The van der Waals surface area contributed by atoms with E-state index in [1.807, 2.05) is 6.07 Å². The van der Waals surface area contributed by atoms with Crippen molar-refractivity contribution in [3.63, 3.8) is 0 Å². The van der Waals surface area contributed by atoms with Crippen molar-refractivity contribution in [2.45, 2.75) is 51.4 Å². The van der Waals surface area contributed by atoms with Gasteiger partial charge in [0.05, 0.1) is 12.5 Å². The number of aliphatic hydroxyl groups is 1. The van der Waals surface area contributed by atoms with Crippen molar-refractivity contribution >= 4 is 8.07 Å². The van der Waals surface area contributed by atoms with Crippen molar-refractivity contribution in [2.75, 3.05) is 0 Å². The van der Waals surface area contributed by atoms with E-state index in [9.17, 15) is 5.11 Å². The number of aliphatic hydroxyl groups excluding tert-OH is 1. The van der Waals surface area contributed by atoms with Crippen LogP contribution in [0.25, 0.3) is 0 Å². The lowest BCUT2D eigenvalue weighted by molar-refractivity contribution is 0.238. The molecule has 2 nitrogen and oxygen atoms in total. The smallest absolute Gasteiger partial charge is 0.137 e. The van der Waals surface area contributed by atoms with Crippen LogP contribution in [0.3, 0.4) is 0 Å². The molecule has 0 aliphatic carbocycles. The van der Waals surface area contributed by atoms with Gasteiger partial charge in [0.2, 0.25) is 0 Å². The second-order valence-electron chi connectivity index (χ2n) is 5.02. The van der Waals surface area contributed by atoms with E-state index in [1.54, 1.807) is 0 Å². The van der Waals surface area contributed by atoms with E-state index < -0.39 is 14.2 Å². The quantitative estimate of drug-likeness (QED) is 0.532. The lowest BCUT2D eigenvalue weighted by Crippen LogP contribution is -2.35. The molecule has 0 amide bonds. The third-order valence-electron chi connectivity index (χ3n) is 2.71. The molecule has 0 saturated carbocycles. The molecule has 3 heteroatoms. The van der Waals surface area contributed by atoms with E-state index >= 15 is 0 Å². The van der Waals surface area contributed by atoms with E-state index in [0.29, 0.717) is 0 Å².